The first-order valence-corrected chi connectivity index (χ1v) is 3.77. The molecule has 0 aromatic heterocycles. The highest BCUT2D eigenvalue weighted by atomic mass is 16.1. The molecule has 0 aromatic rings. The molecule has 0 atom stereocenters. The molecule has 0 N–H and O–H groups in total. The van der Waals surface area contributed by atoms with E-state index in [1.807, 2.05) is 13.0 Å². The number of allylic oxidation sites excluding steroid dienone is 2. The van der Waals surface area contributed by atoms with E-state index in [9.17, 15) is 9.59 Å². The van der Waals surface area contributed by atoms with Crippen LogP contribution in [0.4, 0.5) is 0 Å². The van der Waals surface area contributed by atoms with Gasteiger partial charge < -0.3 is 0 Å². The smallest absolute Gasteiger partial charge is 0.155 e. The van der Waals surface area contributed by atoms with E-state index in [2.05, 4.69) is 0 Å². The molecule has 0 saturated carbocycles. The maximum Gasteiger partial charge on any atom is 0.155 e. The van der Waals surface area contributed by atoms with Crippen molar-refractivity contribution in [3.8, 4) is 0 Å². The van der Waals surface area contributed by atoms with Gasteiger partial charge in [-0.05, 0) is 25.8 Å². The van der Waals surface area contributed by atoms with Gasteiger partial charge in [-0.3, -0.25) is 9.59 Å². The first-order valence-electron chi connectivity index (χ1n) is 3.77. The molecule has 0 radical (unpaired) electrons. The standard InChI is InChI=1S/C9H14O2/c1-4-5-9(8(3)11)6-7(2)10/h5H,4,6H2,1-3H3/b9-5+. The summed E-state index contributed by atoms with van der Waals surface area (Å²) >= 11 is 0. The second-order valence-corrected chi connectivity index (χ2v) is 2.57. The lowest BCUT2D eigenvalue weighted by Crippen LogP contribution is -2.01. The van der Waals surface area contributed by atoms with Crippen molar-refractivity contribution in [3.05, 3.63) is 11.6 Å². The lowest BCUT2D eigenvalue weighted by atomic mass is 10.1. The summed E-state index contributed by atoms with van der Waals surface area (Å²) in [6, 6.07) is 0. The fraction of sp³-hybridized carbons (Fsp3) is 0.556. The molecule has 0 unspecified atom stereocenters. The minimum absolute atomic E-state index is 0.00190. The summed E-state index contributed by atoms with van der Waals surface area (Å²) in [6.07, 6.45) is 2.90. The van der Waals surface area contributed by atoms with Gasteiger partial charge in [0.25, 0.3) is 0 Å². The molecular weight excluding hydrogens is 140 g/mol. The van der Waals surface area contributed by atoms with Crippen molar-refractivity contribution in [2.45, 2.75) is 33.6 Å². The highest BCUT2D eigenvalue weighted by molar-refractivity contribution is 5.98. The zero-order valence-corrected chi connectivity index (χ0v) is 7.31. The van der Waals surface area contributed by atoms with Crippen LogP contribution in [0.15, 0.2) is 11.6 Å². The van der Waals surface area contributed by atoms with Crippen molar-refractivity contribution in [1.29, 1.82) is 0 Å². The Labute approximate surface area is 67.3 Å². The minimum atomic E-state index is 0.00190. The summed E-state index contributed by atoms with van der Waals surface area (Å²) in [5.74, 6) is 0.0435. The van der Waals surface area contributed by atoms with E-state index in [1.54, 1.807) is 0 Å². The molecule has 2 nitrogen and oxygen atoms in total. The fourth-order valence-corrected chi connectivity index (χ4v) is 0.855. The van der Waals surface area contributed by atoms with E-state index in [0.29, 0.717) is 5.57 Å². The van der Waals surface area contributed by atoms with Gasteiger partial charge in [0.05, 0.1) is 0 Å². The van der Waals surface area contributed by atoms with Crippen LogP contribution in [0.2, 0.25) is 0 Å². The Morgan fingerprint density at radius 3 is 2.09 bits per heavy atom. The normalized spacial score (nSPS) is 11.4. The Bertz CT molecular complexity index is 190. The van der Waals surface area contributed by atoms with Gasteiger partial charge >= 0.3 is 0 Å². The number of rotatable bonds is 4. The van der Waals surface area contributed by atoms with Crippen molar-refractivity contribution in [2.75, 3.05) is 0 Å². The molecule has 62 valence electrons. The van der Waals surface area contributed by atoms with Crippen molar-refractivity contribution < 1.29 is 9.59 Å². The Morgan fingerprint density at radius 2 is 1.82 bits per heavy atom. The number of hydrogen-bond acceptors (Lipinski definition) is 2. The molecule has 11 heavy (non-hydrogen) atoms. The summed E-state index contributed by atoms with van der Waals surface area (Å²) in [5.41, 5.74) is 0.639. The van der Waals surface area contributed by atoms with Gasteiger partial charge in [-0.25, -0.2) is 0 Å². The Morgan fingerprint density at radius 1 is 1.27 bits per heavy atom. The third-order valence-corrected chi connectivity index (χ3v) is 1.34. The average Bonchev–Trinajstić information content (AvgIpc) is 1.86. The van der Waals surface area contributed by atoms with Crippen LogP contribution in [0.3, 0.4) is 0 Å². The van der Waals surface area contributed by atoms with Crippen LogP contribution in [-0.2, 0) is 9.59 Å². The summed E-state index contributed by atoms with van der Waals surface area (Å²) in [4.78, 5) is 21.5. The number of carbonyl (C=O) groups excluding carboxylic acids is 2. The minimum Gasteiger partial charge on any atom is -0.300 e. The van der Waals surface area contributed by atoms with Gasteiger partial charge in [-0.15, -0.1) is 0 Å². The predicted octanol–water partition coefficient (Wildman–Crippen LogP) is 1.89. The summed E-state index contributed by atoms with van der Waals surface area (Å²) in [5, 5.41) is 0. The van der Waals surface area contributed by atoms with Crippen molar-refractivity contribution in [1.82, 2.24) is 0 Å². The molecule has 0 heterocycles. The quantitative estimate of drug-likeness (QED) is 0.579. The van der Waals surface area contributed by atoms with E-state index < -0.39 is 0 Å². The third kappa shape index (κ3) is 4.48. The van der Waals surface area contributed by atoms with Crippen LogP contribution < -0.4 is 0 Å². The molecule has 0 aliphatic rings. The van der Waals surface area contributed by atoms with Crippen LogP contribution in [0.1, 0.15) is 33.6 Å². The molecule has 0 saturated heterocycles. The van der Waals surface area contributed by atoms with Crippen LogP contribution in [0.25, 0.3) is 0 Å². The summed E-state index contributed by atoms with van der Waals surface area (Å²) in [7, 11) is 0. The summed E-state index contributed by atoms with van der Waals surface area (Å²) < 4.78 is 0. The molecule has 0 bridgehead atoms. The van der Waals surface area contributed by atoms with E-state index in [1.165, 1.54) is 13.8 Å². The lowest BCUT2D eigenvalue weighted by molar-refractivity contribution is -0.119. The zero-order chi connectivity index (χ0) is 8.85. The van der Waals surface area contributed by atoms with Gasteiger partial charge in [0.15, 0.2) is 5.78 Å². The second kappa shape index (κ2) is 4.83. The first kappa shape index (κ1) is 10.1. The highest BCUT2D eigenvalue weighted by Gasteiger charge is 2.04. The van der Waals surface area contributed by atoms with Gasteiger partial charge in [-0.1, -0.05) is 13.0 Å². The highest BCUT2D eigenvalue weighted by Crippen LogP contribution is 2.04. The molecular formula is C9H14O2. The first-order chi connectivity index (χ1) is 5.07. The fourth-order valence-electron chi connectivity index (χ4n) is 0.855. The lowest BCUT2D eigenvalue weighted by Gasteiger charge is -1.98. The molecule has 0 aromatic carbocycles. The van der Waals surface area contributed by atoms with Crippen LogP contribution in [0.5, 0.6) is 0 Å². The van der Waals surface area contributed by atoms with E-state index in [-0.39, 0.29) is 18.0 Å². The monoisotopic (exact) mass is 154 g/mol. The molecule has 0 aliphatic carbocycles. The number of Topliss-reactive ketones (excluding diaryl/α,β-unsaturated/α-hetero) is 2. The number of carbonyl (C=O) groups is 2. The number of ketones is 2. The predicted molar refractivity (Wildman–Crippen MR) is 44.4 cm³/mol. The Hall–Kier alpha value is -0.920. The van der Waals surface area contributed by atoms with Crippen LogP contribution >= 0.6 is 0 Å². The van der Waals surface area contributed by atoms with E-state index >= 15 is 0 Å². The molecule has 2 heteroatoms. The Kier molecular flexibility index (Phi) is 4.42. The van der Waals surface area contributed by atoms with Crippen LogP contribution in [-0.4, -0.2) is 11.6 Å². The van der Waals surface area contributed by atoms with E-state index in [0.717, 1.165) is 6.42 Å². The molecule has 0 rings (SSSR count). The van der Waals surface area contributed by atoms with Gasteiger partial charge in [0.2, 0.25) is 0 Å². The van der Waals surface area contributed by atoms with Crippen LogP contribution in [0, 0.1) is 0 Å². The maximum absolute atomic E-state index is 10.8. The Balaban J connectivity index is 4.23. The maximum atomic E-state index is 10.8. The van der Waals surface area contributed by atoms with Crippen molar-refractivity contribution >= 4 is 11.6 Å². The molecule has 0 fully saturated rings. The summed E-state index contributed by atoms with van der Waals surface area (Å²) in [6.45, 7) is 4.93. The molecule has 0 amide bonds. The largest absolute Gasteiger partial charge is 0.300 e. The molecule has 0 aliphatic heterocycles. The average molecular weight is 154 g/mol. The van der Waals surface area contributed by atoms with Gasteiger partial charge in [0, 0.05) is 6.42 Å². The van der Waals surface area contributed by atoms with Gasteiger partial charge in [0.1, 0.15) is 5.78 Å². The number of hydrogen-bond donors (Lipinski definition) is 0. The zero-order valence-electron chi connectivity index (χ0n) is 7.31. The van der Waals surface area contributed by atoms with E-state index in [4.69, 9.17) is 0 Å². The van der Waals surface area contributed by atoms with Crippen molar-refractivity contribution in [2.24, 2.45) is 0 Å². The van der Waals surface area contributed by atoms with Crippen molar-refractivity contribution in [3.63, 3.8) is 0 Å². The molecule has 0 spiro atoms. The third-order valence-electron chi connectivity index (χ3n) is 1.34. The SMILES string of the molecule is CC/C=C(\CC(C)=O)C(C)=O. The second-order valence-electron chi connectivity index (χ2n) is 2.57. The van der Waals surface area contributed by atoms with Gasteiger partial charge in [-0.2, -0.15) is 0 Å². The topological polar surface area (TPSA) is 34.1 Å².